The summed E-state index contributed by atoms with van der Waals surface area (Å²) in [6, 6.07) is 12.8. The van der Waals surface area contributed by atoms with Crippen LogP contribution in [0.4, 0.5) is 15.8 Å². The monoisotopic (exact) mass is 412 g/mol. The summed E-state index contributed by atoms with van der Waals surface area (Å²) in [5.74, 6) is 1.48. The van der Waals surface area contributed by atoms with E-state index in [0.717, 1.165) is 19.3 Å². The van der Waals surface area contributed by atoms with E-state index in [2.05, 4.69) is 10.0 Å². The van der Waals surface area contributed by atoms with Crippen molar-refractivity contribution in [3.8, 4) is 0 Å². The van der Waals surface area contributed by atoms with E-state index in [1.165, 1.54) is 43.5 Å². The second-order valence-corrected chi connectivity index (χ2v) is 10.6. The quantitative estimate of drug-likeness (QED) is 0.716. The summed E-state index contributed by atoms with van der Waals surface area (Å²) in [6.45, 7) is 0. The minimum absolute atomic E-state index is 0.157. The Morgan fingerprint density at radius 3 is 2.14 bits per heavy atom. The van der Waals surface area contributed by atoms with Crippen molar-refractivity contribution in [3.63, 3.8) is 0 Å². The SMILES string of the molecule is O=C(Nc1ccc(F)cc1)c1ccccc1NS(=O)C12CC3CC(CC(C3)C1)C2. The van der Waals surface area contributed by atoms with Crippen molar-refractivity contribution in [2.75, 3.05) is 10.0 Å². The van der Waals surface area contributed by atoms with Crippen LogP contribution in [0.3, 0.4) is 0 Å². The van der Waals surface area contributed by atoms with Gasteiger partial charge in [-0.3, -0.25) is 4.79 Å². The molecule has 4 aliphatic carbocycles. The maximum atomic E-state index is 13.5. The summed E-state index contributed by atoms with van der Waals surface area (Å²) < 4.78 is 29.6. The van der Waals surface area contributed by atoms with Gasteiger partial charge in [0.25, 0.3) is 5.91 Å². The molecule has 0 aromatic heterocycles. The topological polar surface area (TPSA) is 58.2 Å². The molecule has 6 rings (SSSR count). The molecular formula is C23H25FN2O2S. The van der Waals surface area contributed by atoms with Gasteiger partial charge in [0.1, 0.15) is 16.8 Å². The highest BCUT2D eigenvalue weighted by Gasteiger charge is 2.54. The van der Waals surface area contributed by atoms with Gasteiger partial charge in [-0.15, -0.1) is 0 Å². The molecule has 2 aromatic carbocycles. The molecule has 152 valence electrons. The summed E-state index contributed by atoms with van der Waals surface area (Å²) in [6.07, 6.45) is 6.99. The average Bonchev–Trinajstić information content (AvgIpc) is 2.69. The average molecular weight is 413 g/mol. The summed E-state index contributed by atoms with van der Waals surface area (Å²) >= 11 is 0. The second-order valence-electron chi connectivity index (χ2n) is 8.98. The Hall–Kier alpha value is -2.21. The normalized spacial score (nSPS) is 30.7. The van der Waals surface area contributed by atoms with Crippen LogP contribution >= 0.6 is 0 Å². The number of carbonyl (C=O) groups excluding carboxylic acids is 1. The van der Waals surface area contributed by atoms with Crippen LogP contribution in [0.2, 0.25) is 0 Å². The highest BCUT2D eigenvalue weighted by Crippen LogP contribution is 2.57. The summed E-state index contributed by atoms with van der Waals surface area (Å²) in [5, 5.41) is 2.79. The van der Waals surface area contributed by atoms with E-state index in [-0.39, 0.29) is 16.5 Å². The van der Waals surface area contributed by atoms with Crippen molar-refractivity contribution in [3.05, 3.63) is 59.9 Å². The zero-order chi connectivity index (χ0) is 20.0. The maximum absolute atomic E-state index is 13.5. The largest absolute Gasteiger partial charge is 0.322 e. The van der Waals surface area contributed by atoms with Gasteiger partial charge in [-0.25, -0.2) is 8.60 Å². The first-order chi connectivity index (χ1) is 14.0. The third-order valence-corrected chi connectivity index (χ3v) is 8.54. The van der Waals surface area contributed by atoms with E-state index < -0.39 is 11.0 Å². The van der Waals surface area contributed by atoms with E-state index in [1.807, 2.05) is 6.07 Å². The lowest BCUT2D eigenvalue weighted by Gasteiger charge is -2.55. The molecule has 4 fully saturated rings. The van der Waals surface area contributed by atoms with Gasteiger partial charge in [0.15, 0.2) is 0 Å². The first-order valence-corrected chi connectivity index (χ1v) is 11.5. The number of halogens is 1. The molecule has 2 aromatic rings. The third kappa shape index (κ3) is 3.59. The van der Waals surface area contributed by atoms with Crippen molar-refractivity contribution >= 4 is 28.3 Å². The zero-order valence-corrected chi connectivity index (χ0v) is 17.0. The van der Waals surface area contributed by atoms with Crippen LogP contribution in [0, 0.1) is 23.6 Å². The Morgan fingerprint density at radius 1 is 0.931 bits per heavy atom. The molecule has 29 heavy (non-hydrogen) atoms. The highest BCUT2D eigenvalue weighted by atomic mass is 32.2. The first-order valence-electron chi connectivity index (χ1n) is 10.4. The molecule has 1 unspecified atom stereocenters. The van der Waals surface area contributed by atoms with Gasteiger partial charge in [0.2, 0.25) is 0 Å². The minimum atomic E-state index is -1.23. The van der Waals surface area contributed by atoms with Crippen LogP contribution in [-0.2, 0) is 11.0 Å². The van der Waals surface area contributed by atoms with Crippen LogP contribution < -0.4 is 10.0 Å². The smallest absolute Gasteiger partial charge is 0.257 e. The molecule has 2 N–H and O–H groups in total. The Balaban J connectivity index is 1.35. The number of carbonyl (C=O) groups is 1. The molecule has 0 heterocycles. The van der Waals surface area contributed by atoms with Crippen molar-refractivity contribution in [2.24, 2.45) is 17.8 Å². The number of nitrogens with one attached hydrogen (secondary N) is 2. The minimum Gasteiger partial charge on any atom is -0.322 e. The fourth-order valence-electron chi connectivity index (χ4n) is 5.97. The lowest BCUT2D eigenvalue weighted by atomic mass is 9.56. The van der Waals surface area contributed by atoms with Crippen molar-refractivity contribution in [1.82, 2.24) is 0 Å². The number of benzene rings is 2. The van der Waals surface area contributed by atoms with E-state index >= 15 is 0 Å². The highest BCUT2D eigenvalue weighted by molar-refractivity contribution is 7.87. The first kappa shape index (κ1) is 18.8. The van der Waals surface area contributed by atoms with Crippen LogP contribution in [0.15, 0.2) is 48.5 Å². The maximum Gasteiger partial charge on any atom is 0.257 e. The fourth-order valence-corrected chi connectivity index (χ4v) is 7.72. The molecule has 0 saturated heterocycles. The van der Waals surface area contributed by atoms with Crippen molar-refractivity contribution < 1.29 is 13.4 Å². The van der Waals surface area contributed by atoms with Crippen LogP contribution in [0.25, 0.3) is 0 Å². The van der Waals surface area contributed by atoms with E-state index in [0.29, 0.717) is 34.7 Å². The zero-order valence-electron chi connectivity index (χ0n) is 16.2. The van der Waals surface area contributed by atoms with Gasteiger partial charge < -0.3 is 10.0 Å². The molecule has 0 aliphatic heterocycles. The van der Waals surface area contributed by atoms with E-state index in [1.54, 1.807) is 18.2 Å². The Kier molecular flexibility index (Phi) is 4.69. The van der Waals surface area contributed by atoms with Crippen LogP contribution in [0.1, 0.15) is 48.9 Å². The van der Waals surface area contributed by atoms with Gasteiger partial charge in [-0.05, 0) is 92.7 Å². The molecule has 6 heteroatoms. The number of hydrogen-bond acceptors (Lipinski definition) is 2. The molecule has 0 radical (unpaired) electrons. The van der Waals surface area contributed by atoms with Gasteiger partial charge in [0.05, 0.1) is 16.0 Å². The molecule has 1 amide bonds. The Bertz CT molecular complexity index is 924. The predicted octanol–water partition coefficient (Wildman–Crippen LogP) is 5.12. The van der Waals surface area contributed by atoms with Gasteiger partial charge in [0, 0.05) is 5.69 Å². The number of para-hydroxylation sites is 1. The van der Waals surface area contributed by atoms with Gasteiger partial charge in [-0.2, -0.15) is 0 Å². The molecular weight excluding hydrogens is 387 g/mol. The lowest BCUT2D eigenvalue weighted by molar-refractivity contribution is 0.0363. The standard InChI is InChI=1S/C23H25FN2O2S/c24-18-5-7-19(8-6-18)25-22(27)20-3-1-2-4-21(20)26-29(28)23-12-15-9-16(13-23)11-17(10-15)14-23/h1-8,15-17,26H,9-14H2,(H,25,27). The molecule has 4 bridgehead atoms. The van der Waals surface area contributed by atoms with Crippen LogP contribution in [-0.4, -0.2) is 14.9 Å². The molecule has 1 atom stereocenters. The second kappa shape index (κ2) is 7.24. The number of anilines is 2. The van der Waals surface area contributed by atoms with E-state index in [4.69, 9.17) is 0 Å². The Labute approximate surface area is 172 Å². The van der Waals surface area contributed by atoms with Gasteiger partial charge in [-0.1, -0.05) is 12.1 Å². The summed E-state index contributed by atoms with van der Waals surface area (Å²) in [5.41, 5.74) is 1.55. The lowest BCUT2D eigenvalue weighted by Crippen LogP contribution is -2.54. The van der Waals surface area contributed by atoms with Crippen molar-refractivity contribution in [2.45, 2.75) is 43.3 Å². The number of hydrogen-bond donors (Lipinski definition) is 2. The van der Waals surface area contributed by atoms with Crippen molar-refractivity contribution in [1.29, 1.82) is 0 Å². The van der Waals surface area contributed by atoms with Crippen LogP contribution in [0.5, 0.6) is 0 Å². The van der Waals surface area contributed by atoms with Gasteiger partial charge >= 0.3 is 0 Å². The number of rotatable bonds is 5. The molecule has 4 nitrogen and oxygen atoms in total. The third-order valence-electron chi connectivity index (χ3n) is 6.85. The number of amides is 1. The predicted molar refractivity (Wildman–Crippen MR) is 113 cm³/mol. The molecule has 4 aliphatic rings. The molecule has 0 spiro atoms. The molecule has 4 saturated carbocycles. The summed E-state index contributed by atoms with van der Waals surface area (Å²) in [7, 11) is -1.23. The fraction of sp³-hybridized carbons (Fsp3) is 0.435. The summed E-state index contributed by atoms with van der Waals surface area (Å²) in [4.78, 5) is 12.8. The Morgan fingerprint density at radius 2 is 1.52 bits per heavy atom. The van der Waals surface area contributed by atoms with E-state index in [9.17, 15) is 13.4 Å².